The van der Waals surface area contributed by atoms with Crippen LogP contribution in [-0.2, 0) is 51.7 Å². The van der Waals surface area contributed by atoms with Crippen LogP contribution in [0.2, 0.25) is 0 Å². The number of hydrogen-bond donors (Lipinski definition) is 3. The molecular weight excluding hydrogens is 785 g/mol. The Morgan fingerprint density at radius 1 is 1.02 bits per heavy atom. The molecule has 2 saturated heterocycles. The molecule has 324 valence electrons. The standard InChI is InChI=1S/C41H58N6O11S/c1-40(2,3)58-38(51)42-33-10-8-6-4-5-7-9-29-23-41(29,37(50)44-59(53,54)32-13-14-32)43-35(48)34-22-31(26-47(34)36(33)49)57-39(52)46-24-27-11-12-30(21-28(27)25-46)56-20-17-45-15-18-55-19-16-45/h7,9,11-12,21,29,31-34H,4-6,8,10,13-20,22-26H2,1-3H3,(H,42,51)(H,43,48)(H,44,50)/b9-7+. The Kier molecular flexibility index (Phi) is 12.8. The van der Waals surface area contributed by atoms with Gasteiger partial charge in [0.1, 0.15) is 41.7 Å². The van der Waals surface area contributed by atoms with Crippen molar-refractivity contribution in [2.75, 3.05) is 46.0 Å². The largest absolute Gasteiger partial charge is 0.492 e. The van der Waals surface area contributed by atoms with Gasteiger partial charge in [0.2, 0.25) is 21.8 Å². The molecule has 5 amide bonds. The third-order valence-corrected chi connectivity index (χ3v) is 13.6. The van der Waals surface area contributed by atoms with Crippen LogP contribution in [0.1, 0.15) is 89.7 Å². The lowest BCUT2D eigenvalue weighted by Crippen LogP contribution is -2.58. The number of nitrogens with one attached hydrogen (secondary N) is 3. The van der Waals surface area contributed by atoms with Gasteiger partial charge in [0.15, 0.2) is 0 Å². The van der Waals surface area contributed by atoms with Crippen molar-refractivity contribution in [1.82, 2.24) is 30.1 Å². The Bertz CT molecular complexity index is 1910. The zero-order valence-electron chi connectivity index (χ0n) is 34.2. The normalized spacial score (nSPS) is 28.5. The van der Waals surface area contributed by atoms with Crippen LogP contribution in [0.3, 0.4) is 0 Å². The molecule has 4 fully saturated rings. The van der Waals surface area contributed by atoms with Gasteiger partial charge in [-0.05, 0) is 82.6 Å². The van der Waals surface area contributed by atoms with E-state index in [1.807, 2.05) is 30.4 Å². The van der Waals surface area contributed by atoms with E-state index in [0.29, 0.717) is 57.8 Å². The second kappa shape index (κ2) is 17.7. The number of alkyl carbamates (subject to hydrolysis) is 1. The molecule has 4 heterocycles. The van der Waals surface area contributed by atoms with Crippen LogP contribution in [-0.4, -0.2) is 134 Å². The molecule has 3 N–H and O–H groups in total. The lowest BCUT2D eigenvalue weighted by atomic mass is 10.0. The van der Waals surface area contributed by atoms with Crippen molar-refractivity contribution in [2.24, 2.45) is 5.92 Å². The van der Waals surface area contributed by atoms with Crippen LogP contribution in [0, 0.1) is 5.92 Å². The van der Waals surface area contributed by atoms with Gasteiger partial charge in [0.25, 0.3) is 5.91 Å². The van der Waals surface area contributed by atoms with E-state index in [1.165, 1.54) is 4.90 Å². The molecule has 17 nitrogen and oxygen atoms in total. The summed E-state index contributed by atoms with van der Waals surface area (Å²) in [7, 11) is -3.92. The monoisotopic (exact) mass is 842 g/mol. The van der Waals surface area contributed by atoms with Gasteiger partial charge in [0.05, 0.1) is 25.0 Å². The van der Waals surface area contributed by atoms with E-state index in [2.05, 4.69) is 20.3 Å². The molecule has 0 spiro atoms. The van der Waals surface area contributed by atoms with E-state index in [0.717, 1.165) is 43.6 Å². The summed E-state index contributed by atoms with van der Waals surface area (Å²) in [6.45, 7) is 10.1. The smallest absolute Gasteiger partial charge is 0.410 e. The number of sulfonamides is 1. The molecule has 18 heteroatoms. The number of carbonyl (C=O) groups excluding carboxylic acids is 5. The highest BCUT2D eigenvalue weighted by molar-refractivity contribution is 7.91. The van der Waals surface area contributed by atoms with E-state index in [-0.39, 0.29) is 32.4 Å². The van der Waals surface area contributed by atoms with Gasteiger partial charge in [-0.25, -0.2) is 18.0 Å². The quantitative estimate of drug-likeness (QED) is 0.308. The molecule has 0 bridgehead atoms. The third-order valence-electron chi connectivity index (χ3n) is 11.7. The Morgan fingerprint density at radius 2 is 1.78 bits per heavy atom. The summed E-state index contributed by atoms with van der Waals surface area (Å²) in [5.41, 5.74) is -0.493. The topological polar surface area (TPSA) is 202 Å². The first kappa shape index (κ1) is 42.7. The highest BCUT2D eigenvalue weighted by Crippen LogP contribution is 2.46. The van der Waals surface area contributed by atoms with E-state index >= 15 is 0 Å². The maximum atomic E-state index is 14.5. The van der Waals surface area contributed by atoms with Crippen molar-refractivity contribution in [3.63, 3.8) is 0 Å². The van der Waals surface area contributed by atoms with Gasteiger partial charge in [-0.3, -0.25) is 28.9 Å². The lowest BCUT2D eigenvalue weighted by Gasteiger charge is -2.30. The van der Waals surface area contributed by atoms with Crippen molar-refractivity contribution in [3.8, 4) is 5.75 Å². The molecule has 0 radical (unpaired) electrons. The zero-order valence-corrected chi connectivity index (χ0v) is 35.1. The van der Waals surface area contributed by atoms with Crippen molar-refractivity contribution < 1.29 is 51.3 Å². The first-order valence-corrected chi connectivity index (χ1v) is 22.5. The van der Waals surface area contributed by atoms with Gasteiger partial charge >= 0.3 is 12.2 Å². The van der Waals surface area contributed by atoms with E-state index in [9.17, 15) is 32.4 Å². The lowest BCUT2D eigenvalue weighted by molar-refractivity contribution is -0.141. The number of amides is 5. The van der Waals surface area contributed by atoms with Gasteiger partial charge in [0, 0.05) is 45.1 Å². The van der Waals surface area contributed by atoms with Crippen LogP contribution in [0.5, 0.6) is 5.75 Å². The number of hydrogen-bond acceptors (Lipinski definition) is 12. The number of morpholine rings is 1. The Balaban J connectivity index is 1.06. The summed E-state index contributed by atoms with van der Waals surface area (Å²) in [4.78, 5) is 74.4. The minimum Gasteiger partial charge on any atom is -0.492 e. The summed E-state index contributed by atoms with van der Waals surface area (Å²) in [6.07, 6.45) is 5.52. The summed E-state index contributed by atoms with van der Waals surface area (Å²) in [6, 6.07) is 3.49. The van der Waals surface area contributed by atoms with Crippen LogP contribution >= 0.6 is 0 Å². The molecular formula is C41H58N6O11S. The summed E-state index contributed by atoms with van der Waals surface area (Å²) >= 11 is 0. The summed E-state index contributed by atoms with van der Waals surface area (Å²) < 4.78 is 50.8. The minimum absolute atomic E-state index is 0.0804. The molecule has 1 aromatic rings. The van der Waals surface area contributed by atoms with Crippen LogP contribution in [0.25, 0.3) is 0 Å². The van der Waals surface area contributed by atoms with Crippen LogP contribution in [0.15, 0.2) is 30.4 Å². The summed E-state index contributed by atoms with van der Waals surface area (Å²) in [5.74, 6) is -1.82. The first-order chi connectivity index (χ1) is 28.1. The van der Waals surface area contributed by atoms with E-state index in [1.54, 1.807) is 25.7 Å². The molecule has 1 aromatic carbocycles. The maximum Gasteiger partial charge on any atom is 0.410 e. The number of benzene rings is 1. The van der Waals surface area contributed by atoms with Gasteiger partial charge < -0.3 is 34.5 Å². The van der Waals surface area contributed by atoms with E-state index < -0.39 is 80.4 Å². The second-order valence-corrected chi connectivity index (χ2v) is 19.5. The number of ether oxygens (including phenoxy) is 4. The van der Waals surface area contributed by atoms with Gasteiger partial charge in [-0.2, -0.15) is 0 Å². The molecule has 7 rings (SSSR count). The molecule has 6 aliphatic rings. The SMILES string of the molecule is CC(C)(C)OC(=O)NC1CCCCC/C=C/C2CC2(C(=O)NS(=O)(=O)C2CC2)NC(=O)C2CC(OC(=O)N3Cc4ccc(OCCN5CCOCC5)cc4C3)CN2C1=O. The first-order valence-electron chi connectivity index (χ1n) is 21.0. The molecule has 5 atom stereocenters. The molecule has 2 aliphatic carbocycles. The predicted octanol–water partition coefficient (Wildman–Crippen LogP) is 2.72. The molecule has 59 heavy (non-hydrogen) atoms. The molecule has 2 saturated carbocycles. The third kappa shape index (κ3) is 10.7. The van der Waals surface area contributed by atoms with Crippen LogP contribution in [0.4, 0.5) is 9.59 Å². The predicted molar refractivity (Wildman–Crippen MR) is 213 cm³/mol. The summed E-state index contributed by atoms with van der Waals surface area (Å²) in [5, 5.41) is 4.90. The number of allylic oxidation sites excluding steroid dienone is 1. The van der Waals surface area contributed by atoms with Crippen LogP contribution < -0.4 is 20.1 Å². The number of nitrogens with zero attached hydrogens (tertiary/aromatic N) is 3. The molecule has 0 aromatic heterocycles. The van der Waals surface area contributed by atoms with Gasteiger partial charge in [-0.15, -0.1) is 0 Å². The Labute approximate surface area is 345 Å². The average molecular weight is 843 g/mol. The van der Waals surface area contributed by atoms with Gasteiger partial charge in [-0.1, -0.05) is 31.1 Å². The fourth-order valence-corrected chi connectivity index (χ4v) is 9.59. The Hall–Kier alpha value is -4.42. The number of rotatable bonds is 9. The highest BCUT2D eigenvalue weighted by Gasteiger charge is 2.62. The fraction of sp³-hybridized carbons (Fsp3) is 0.683. The maximum absolute atomic E-state index is 14.5. The van der Waals surface area contributed by atoms with Crippen molar-refractivity contribution in [3.05, 3.63) is 41.5 Å². The Morgan fingerprint density at radius 3 is 2.53 bits per heavy atom. The minimum atomic E-state index is -3.92. The molecule has 5 unspecified atom stereocenters. The van der Waals surface area contributed by atoms with Crippen molar-refractivity contribution >= 4 is 39.9 Å². The zero-order chi connectivity index (χ0) is 42.0. The number of fused-ring (bicyclic) bond motifs is 3. The molecule has 4 aliphatic heterocycles. The highest BCUT2D eigenvalue weighted by atomic mass is 32.2. The average Bonchev–Trinajstić information content (AvgIpc) is 4.07. The van der Waals surface area contributed by atoms with Crippen molar-refractivity contribution in [1.29, 1.82) is 0 Å². The van der Waals surface area contributed by atoms with E-state index in [4.69, 9.17) is 18.9 Å². The second-order valence-electron chi connectivity index (χ2n) is 17.5. The number of carbonyl (C=O) groups is 5. The fourth-order valence-electron chi connectivity index (χ4n) is 8.22. The van der Waals surface area contributed by atoms with Crippen molar-refractivity contribution in [2.45, 2.75) is 126 Å².